The highest BCUT2D eigenvalue weighted by atomic mass is 16.5. The molecule has 0 amide bonds. The molecule has 2 rings (SSSR count). The van der Waals surface area contributed by atoms with Crippen molar-refractivity contribution >= 4 is 5.97 Å². The lowest BCUT2D eigenvalue weighted by Crippen LogP contribution is -2.37. The number of hydrogen-bond donors (Lipinski definition) is 0. The number of nitrogens with zero attached hydrogens (tertiary/aromatic N) is 1. The first-order valence-corrected chi connectivity index (χ1v) is 8.01. The number of rotatable bonds is 5. The van der Waals surface area contributed by atoms with Crippen LogP contribution in [0.3, 0.4) is 0 Å². The molecular weight excluding hydrogens is 262 g/mol. The lowest BCUT2D eigenvalue weighted by atomic mass is 9.80. The summed E-state index contributed by atoms with van der Waals surface area (Å²) in [6.45, 7) is 6.60. The second-order valence-corrected chi connectivity index (χ2v) is 6.19. The van der Waals surface area contributed by atoms with Crippen molar-refractivity contribution < 1.29 is 9.53 Å². The van der Waals surface area contributed by atoms with Crippen molar-refractivity contribution in [3.05, 3.63) is 35.4 Å². The van der Waals surface area contributed by atoms with E-state index in [1.54, 1.807) is 0 Å². The third-order valence-corrected chi connectivity index (χ3v) is 4.50. The Morgan fingerprint density at radius 1 is 1.29 bits per heavy atom. The van der Waals surface area contributed by atoms with E-state index in [0.717, 1.165) is 32.4 Å². The summed E-state index contributed by atoms with van der Waals surface area (Å²) in [5, 5.41) is 0. The number of carbonyl (C=O) groups is 1. The topological polar surface area (TPSA) is 29.5 Å². The molecule has 1 saturated heterocycles. The van der Waals surface area contributed by atoms with Crippen LogP contribution in [-0.2, 0) is 16.0 Å². The lowest BCUT2D eigenvalue weighted by Gasteiger charge is -2.33. The van der Waals surface area contributed by atoms with E-state index in [1.807, 2.05) is 6.92 Å². The summed E-state index contributed by atoms with van der Waals surface area (Å²) in [6.07, 6.45) is 2.98. The second-order valence-electron chi connectivity index (χ2n) is 6.19. The Bertz CT molecular complexity index is 447. The Labute approximate surface area is 128 Å². The van der Waals surface area contributed by atoms with Gasteiger partial charge in [0, 0.05) is 0 Å². The average molecular weight is 289 g/mol. The minimum absolute atomic E-state index is 0.00126. The fraction of sp³-hybridized carbons (Fsp3) is 0.611. The van der Waals surface area contributed by atoms with Gasteiger partial charge >= 0.3 is 5.97 Å². The minimum Gasteiger partial charge on any atom is -0.466 e. The number of ether oxygens (including phenoxy) is 1. The molecule has 116 valence electrons. The molecule has 1 unspecified atom stereocenters. The summed E-state index contributed by atoms with van der Waals surface area (Å²) in [5.41, 5.74) is 2.49. The van der Waals surface area contributed by atoms with E-state index in [9.17, 15) is 4.79 Å². The van der Waals surface area contributed by atoms with Crippen molar-refractivity contribution in [3.8, 4) is 0 Å². The van der Waals surface area contributed by atoms with Gasteiger partial charge in [-0.05, 0) is 64.7 Å². The predicted octanol–water partition coefficient (Wildman–Crippen LogP) is 3.06. The number of hydrogen-bond acceptors (Lipinski definition) is 3. The van der Waals surface area contributed by atoms with Crippen LogP contribution in [-0.4, -0.2) is 37.6 Å². The summed E-state index contributed by atoms with van der Waals surface area (Å²) in [7, 11) is 2.15. The Balaban J connectivity index is 2.08. The van der Waals surface area contributed by atoms with Gasteiger partial charge in [-0.25, -0.2) is 0 Å². The van der Waals surface area contributed by atoms with E-state index in [-0.39, 0.29) is 11.9 Å². The van der Waals surface area contributed by atoms with Crippen LogP contribution < -0.4 is 0 Å². The normalized spacial score (nSPS) is 18.4. The standard InChI is InChI=1S/C18H27NO2/c1-4-21-18(20)17(16-9-11-19(3)12-10-16)13-15-7-5-14(2)6-8-15/h5-8,16-17H,4,9-13H2,1-3H3. The van der Waals surface area contributed by atoms with Crippen molar-refractivity contribution in [2.45, 2.75) is 33.1 Å². The van der Waals surface area contributed by atoms with Crippen LogP contribution in [0, 0.1) is 18.8 Å². The number of carbonyl (C=O) groups excluding carboxylic acids is 1. The zero-order valence-corrected chi connectivity index (χ0v) is 13.5. The molecule has 1 aliphatic rings. The van der Waals surface area contributed by atoms with E-state index in [2.05, 4.69) is 43.1 Å². The third kappa shape index (κ3) is 4.57. The quantitative estimate of drug-likeness (QED) is 0.780. The molecule has 0 aliphatic carbocycles. The highest BCUT2D eigenvalue weighted by Crippen LogP contribution is 2.28. The lowest BCUT2D eigenvalue weighted by molar-refractivity contribution is -0.150. The molecule has 0 N–H and O–H groups in total. The smallest absolute Gasteiger partial charge is 0.309 e. The Hall–Kier alpha value is -1.35. The summed E-state index contributed by atoms with van der Waals surface area (Å²) in [4.78, 5) is 14.7. The van der Waals surface area contributed by atoms with Crippen LogP contribution in [0.4, 0.5) is 0 Å². The number of benzene rings is 1. The maximum Gasteiger partial charge on any atom is 0.309 e. The number of piperidine rings is 1. The molecule has 0 saturated carbocycles. The molecule has 1 heterocycles. The molecular formula is C18H27NO2. The average Bonchev–Trinajstić information content (AvgIpc) is 2.48. The first-order valence-electron chi connectivity index (χ1n) is 8.01. The van der Waals surface area contributed by atoms with E-state index >= 15 is 0 Å². The van der Waals surface area contributed by atoms with Gasteiger partial charge in [-0.1, -0.05) is 29.8 Å². The van der Waals surface area contributed by atoms with Crippen LogP contribution in [0.2, 0.25) is 0 Å². The summed E-state index contributed by atoms with van der Waals surface area (Å²) >= 11 is 0. The fourth-order valence-corrected chi connectivity index (χ4v) is 3.10. The van der Waals surface area contributed by atoms with Gasteiger partial charge in [0.05, 0.1) is 12.5 Å². The van der Waals surface area contributed by atoms with E-state index in [0.29, 0.717) is 12.5 Å². The van der Waals surface area contributed by atoms with Gasteiger partial charge in [-0.3, -0.25) is 4.79 Å². The molecule has 0 bridgehead atoms. The molecule has 3 heteroatoms. The van der Waals surface area contributed by atoms with Gasteiger partial charge in [0.1, 0.15) is 0 Å². The predicted molar refractivity (Wildman–Crippen MR) is 85.2 cm³/mol. The van der Waals surface area contributed by atoms with Crippen LogP contribution >= 0.6 is 0 Å². The van der Waals surface area contributed by atoms with Crippen LogP contribution in [0.5, 0.6) is 0 Å². The molecule has 1 fully saturated rings. The zero-order valence-electron chi connectivity index (χ0n) is 13.5. The van der Waals surface area contributed by atoms with Crippen LogP contribution in [0.15, 0.2) is 24.3 Å². The first kappa shape index (κ1) is 16.0. The fourth-order valence-electron chi connectivity index (χ4n) is 3.10. The van der Waals surface area contributed by atoms with Gasteiger partial charge in [0.2, 0.25) is 0 Å². The molecule has 1 aromatic carbocycles. The molecule has 1 aliphatic heterocycles. The minimum atomic E-state index is -0.0207. The summed E-state index contributed by atoms with van der Waals surface area (Å²) in [5.74, 6) is 0.426. The van der Waals surface area contributed by atoms with E-state index < -0.39 is 0 Å². The molecule has 3 nitrogen and oxygen atoms in total. The maximum absolute atomic E-state index is 12.4. The van der Waals surface area contributed by atoms with Crippen molar-refractivity contribution in [1.82, 2.24) is 4.90 Å². The summed E-state index contributed by atoms with van der Waals surface area (Å²) < 4.78 is 5.33. The molecule has 1 atom stereocenters. The van der Waals surface area contributed by atoms with Gasteiger partial charge in [0.25, 0.3) is 0 Å². The highest BCUT2D eigenvalue weighted by Gasteiger charge is 2.31. The first-order chi connectivity index (χ1) is 10.1. The second kappa shape index (κ2) is 7.60. The van der Waals surface area contributed by atoms with Gasteiger partial charge in [0.15, 0.2) is 0 Å². The molecule has 0 aromatic heterocycles. The van der Waals surface area contributed by atoms with Crippen molar-refractivity contribution in [1.29, 1.82) is 0 Å². The van der Waals surface area contributed by atoms with Gasteiger partial charge < -0.3 is 9.64 Å². The number of esters is 1. The van der Waals surface area contributed by atoms with Crippen LogP contribution in [0.25, 0.3) is 0 Å². The summed E-state index contributed by atoms with van der Waals surface area (Å²) in [6, 6.07) is 8.51. The van der Waals surface area contributed by atoms with Gasteiger partial charge in [-0.2, -0.15) is 0 Å². The molecule has 0 radical (unpaired) electrons. The molecule has 0 spiro atoms. The largest absolute Gasteiger partial charge is 0.466 e. The van der Waals surface area contributed by atoms with Crippen molar-refractivity contribution in [2.75, 3.05) is 26.7 Å². The molecule has 1 aromatic rings. The molecule has 21 heavy (non-hydrogen) atoms. The SMILES string of the molecule is CCOC(=O)C(Cc1ccc(C)cc1)C1CCN(C)CC1. The maximum atomic E-state index is 12.4. The Morgan fingerprint density at radius 2 is 1.90 bits per heavy atom. The van der Waals surface area contributed by atoms with E-state index in [4.69, 9.17) is 4.74 Å². The monoisotopic (exact) mass is 289 g/mol. The van der Waals surface area contributed by atoms with Crippen molar-refractivity contribution in [2.24, 2.45) is 11.8 Å². The van der Waals surface area contributed by atoms with E-state index in [1.165, 1.54) is 11.1 Å². The van der Waals surface area contributed by atoms with Gasteiger partial charge in [-0.15, -0.1) is 0 Å². The number of likely N-dealkylation sites (tertiary alicyclic amines) is 1. The zero-order chi connectivity index (χ0) is 15.2. The third-order valence-electron chi connectivity index (χ3n) is 4.50. The van der Waals surface area contributed by atoms with Crippen molar-refractivity contribution in [3.63, 3.8) is 0 Å². The van der Waals surface area contributed by atoms with Crippen LogP contribution in [0.1, 0.15) is 30.9 Å². The Morgan fingerprint density at radius 3 is 2.48 bits per heavy atom. The number of aryl methyl sites for hydroxylation is 1. The highest BCUT2D eigenvalue weighted by molar-refractivity contribution is 5.73. The Kier molecular flexibility index (Phi) is 5.80.